The van der Waals surface area contributed by atoms with Gasteiger partial charge in [0.1, 0.15) is 0 Å². The third kappa shape index (κ3) is 13.4. The molecule has 2 atom stereocenters. The van der Waals surface area contributed by atoms with Crippen molar-refractivity contribution < 1.29 is 5.11 Å². The van der Waals surface area contributed by atoms with Gasteiger partial charge < -0.3 is 0 Å². The molecular weight excluding hydrogens is 399 g/mol. The second-order valence-electron chi connectivity index (χ2n) is 7.24. The average Bonchev–Trinajstić information content (AvgIpc) is 2.59. The van der Waals surface area contributed by atoms with Crippen molar-refractivity contribution in [3.8, 4) is 12.3 Å². The SMILES string of the molecule is C#CC(O)C(CCC)C[C](=CCCCCCCCC)[SnH2][CH2]CCC. The summed E-state index contributed by atoms with van der Waals surface area (Å²) >= 11 is -0.834. The Bertz CT molecular complexity index is 342. The molecule has 2 heteroatoms. The first-order chi connectivity index (χ1) is 11.7. The first-order valence-corrected chi connectivity index (χ1v) is 15.4. The van der Waals surface area contributed by atoms with Crippen molar-refractivity contribution >= 4 is 21.1 Å². The maximum absolute atomic E-state index is 10.1. The molecule has 0 aliphatic heterocycles. The van der Waals surface area contributed by atoms with E-state index in [9.17, 15) is 5.11 Å². The van der Waals surface area contributed by atoms with Crippen LogP contribution in [-0.4, -0.2) is 32.4 Å². The Balaban J connectivity index is 4.42. The first kappa shape index (κ1) is 24.1. The second kappa shape index (κ2) is 17.9. The van der Waals surface area contributed by atoms with Gasteiger partial charge in [-0.1, -0.05) is 0 Å². The molecule has 0 rings (SSSR count). The van der Waals surface area contributed by atoms with Crippen LogP contribution in [0.1, 0.15) is 97.8 Å². The number of hydrogen-bond donors (Lipinski definition) is 1. The van der Waals surface area contributed by atoms with Crippen LogP contribution in [0.25, 0.3) is 0 Å². The molecule has 0 aromatic rings. The van der Waals surface area contributed by atoms with E-state index in [0.717, 1.165) is 19.3 Å². The van der Waals surface area contributed by atoms with Crippen LogP contribution >= 0.6 is 0 Å². The molecule has 140 valence electrons. The zero-order valence-electron chi connectivity index (χ0n) is 16.7. The van der Waals surface area contributed by atoms with Crippen molar-refractivity contribution in [2.24, 2.45) is 5.92 Å². The van der Waals surface area contributed by atoms with Crippen LogP contribution in [0, 0.1) is 18.3 Å². The van der Waals surface area contributed by atoms with Gasteiger partial charge >= 0.3 is 163 Å². The van der Waals surface area contributed by atoms with Gasteiger partial charge in [-0.25, -0.2) is 0 Å². The Morgan fingerprint density at radius 1 is 1.00 bits per heavy atom. The number of terminal acetylenes is 1. The zero-order chi connectivity index (χ0) is 18.0. The van der Waals surface area contributed by atoms with Crippen molar-refractivity contribution in [3.05, 3.63) is 9.67 Å². The van der Waals surface area contributed by atoms with E-state index in [1.54, 1.807) is 3.59 Å². The van der Waals surface area contributed by atoms with Crippen LogP contribution in [0.4, 0.5) is 0 Å². The van der Waals surface area contributed by atoms with Crippen molar-refractivity contribution in [2.75, 3.05) is 0 Å². The van der Waals surface area contributed by atoms with Crippen molar-refractivity contribution in [2.45, 2.75) is 108 Å². The van der Waals surface area contributed by atoms with Crippen molar-refractivity contribution in [1.82, 2.24) is 0 Å². The van der Waals surface area contributed by atoms with Gasteiger partial charge in [0.15, 0.2) is 0 Å². The third-order valence-electron chi connectivity index (χ3n) is 4.89. The van der Waals surface area contributed by atoms with Crippen LogP contribution in [0.3, 0.4) is 0 Å². The summed E-state index contributed by atoms with van der Waals surface area (Å²) in [6.45, 7) is 6.75. The fraction of sp³-hybridized carbons (Fsp3) is 0.818. The van der Waals surface area contributed by atoms with Gasteiger partial charge in [0.25, 0.3) is 0 Å². The standard InChI is InChI=1S/C18H31O.C4H9.Sn.2H/c1-4-7-8-9-10-11-12-13-14-16-17(15-5-2)18(19)6-3;1-3-4-2;;;/h3,13,17-19H,4-5,7-12,15-16H2,1-2H3;1,3-4H2,2H3;;;. The summed E-state index contributed by atoms with van der Waals surface area (Å²) in [7, 11) is 0. The summed E-state index contributed by atoms with van der Waals surface area (Å²) < 4.78 is 3.22. The van der Waals surface area contributed by atoms with Crippen LogP contribution in [0.5, 0.6) is 0 Å². The maximum atomic E-state index is 10.1. The molecule has 1 N–H and O–H groups in total. The van der Waals surface area contributed by atoms with Gasteiger partial charge in [0, 0.05) is 0 Å². The Kier molecular flexibility index (Phi) is 17.9. The Morgan fingerprint density at radius 3 is 2.29 bits per heavy atom. The number of hydrogen-bond acceptors (Lipinski definition) is 1. The van der Waals surface area contributed by atoms with E-state index in [0.29, 0.717) is 0 Å². The molecule has 0 amide bonds. The van der Waals surface area contributed by atoms with E-state index in [4.69, 9.17) is 6.42 Å². The van der Waals surface area contributed by atoms with E-state index in [2.05, 4.69) is 32.8 Å². The van der Waals surface area contributed by atoms with Crippen LogP contribution in [-0.2, 0) is 0 Å². The molecule has 0 saturated carbocycles. The molecule has 0 aromatic carbocycles. The molecule has 0 aliphatic carbocycles. The molecule has 0 fully saturated rings. The normalized spacial score (nSPS) is 14.9. The minimum atomic E-state index is -0.834. The topological polar surface area (TPSA) is 20.2 Å². The first-order valence-electron chi connectivity index (χ1n) is 10.5. The van der Waals surface area contributed by atoms with E-state index >= 15 is 0 Å². The molecule has 0 spiro atoms. The molecule has 0 bridgehead atoms. The predicted octanol–water partition coefficient (Wildman–Crippen LogP) is 5.81. The summed E-state index contributed by atoms with van der Waals surface area (Å²) in [6.07, 6.45) is 22.9. The summed E-state index contributed by atoms with van der Waals surface area (Å²) in [4.78, 5) is 0. The van der Waals surface area contributed by atoms with E-state index < -0.39 is 27.2 Å². The fourth-order valence-electron chi connectivity index (χ4n) is 3.34. The second-order valence-corrected chi connectivity index (χ2v) is 13.3. The zero-order valence-corrected chi connectivity index (χ0v) is 20.7. The summed E-state index contributed by atoms with van der Waals surface area (Å²) in [5, 5.41) is 10.1. The number of aliphatic hydroxyl groups excluding tert-OH is 1. The molecule has 0 radical (unpaired) electrons. The molecule has 0 saturated heterocycles. The van der Waals surface area contributed by atoms with E-state index in [1.165, 1.54) is 62.2 Å². The fourth-order valence-corrected chi connectivity index (χ4v) is 9.58. The van der Waals surface area contributed by atoms with Gasteiger partial charge in [0.05, 0.1) is 0 Å². The third-order valence-corrected chi connectivity index (χ3v) is 10.8. The molecular formula is C22H42OSn. The average molecular weight is 441 g/mol. The molecule has 0 heterocycles. The molecule has 2 unspecified atom stereocenters. The number of allylic oxidation sites excluding steroid dienone is 2. The van der Waals surface area contributed by atoms with Crippen LogP contribution in [0.15, 0.2) is 9.67 Å². The van der Waals surface area contributed by atoms with Crippen molar-refractivity contribution in [3.63, 3.8) is 0 Å². The number of aliphatic hydroxyl groups is 1. The molecule has 24 heavy (non-hydrogen) atoms. The van der Waals surface area contributed by atoms with Gasteiger partial charge in [-0.05, 0) is 0 Å². The summed E-state index contributed by atoms with van der Waals surface area (Å²) in [5.74, 6) is 2.86. The quantitative estimate of drug-likeness (QED) is 0.182. The Hall–Kier alpha value is 0.0587. The van der Waals surface area contributed by atoms with Gasteiger partial charge in [-0.2, -0.15) is 0 Å². The molecule has 0 aromatic heterocycles. The van der Waals surface area contributed by atoms with E-state index in [-0.39, 0.29) is 5.92 Å². The van der Waals surface area contributed by atoms with Gasteiger partial charge in [0.2, 0.25) is 0 Å². The Morgan fingerprint density at radius 2 is 1.67 bits per heavy atom. The molecule has 0 aliphatic rings. The van der Waals surface area contributed by atoms with E-state index in [1.807, 2.05) is 0 Å². The number of unbranched alkanes of at least 4 members (excludes halogenated alkanes) is 7. The van der Waals surface area contributed by atoms with Crippen LogP contribution < -0.4 is 0 Å². The summed E-state index contributed by atoms with van der Waals surface area (Å²) in [6, 6.07) is 0. The monoisotopic (exact) mass is 442 g/mol. The van der Waals surface area contributed by atoms with Crippen LogP contribution in [0.2, 0.25) is 4.44 Å². The predicted molar refractivity (Wildman–Crippen MR) is 112 cm³/mol. The molecule has 1 nitrogen and oxygen atoms in total. The van der Waals surface area contributed by atoms with Crippen molar-refractivity contribution in [1.29, 1.82) is 0 Å². The van der Waals surface area contributed by atoms with Gasteiger partial charge in [-0.15, -0.1) is 0 Å². The summed E-state index contributed by atoms with van der Waals surface area (Å²) in [5.41, 5.74) is 0. The minimum absolute atomic E-state index is 0.286. The number of rotatable bonds is 16. The van der Waals surface area contributed by atoms with Gasteiger partial charge in [-0.3, -0.25) is 0 Å². The Labute approximate surface area is 162 Å².